The number of hydrogen-bond donors (Lipinski definition) is 0. The minimum Gasteiger partial charge on any atom is -0.427 e. The zero-order chi connectivity index (χ0) is 18.0. The number of anilines is 1. The Hall–Kier alpha value is -1.92. The van der Waals surface area contributed by atoms with Gasteiger partial charge in [0.2, 0.25) is 5.91 Å². The van der Waals surface area contributed by atoms with E-state index in [1.165, 1.54) is 0 Å². The summed E-state index contributed by atoms with van der Waals surface area (Å²) in [6.07, 6.45) is 5.47. The molecule has 0 aromatic heterocycles. The van der Waals surface area contributed by atoms with E-state index in [-0.39, 0.29) is 17.7 Å². The summed E-state index contributed by atoms with van der Waals surface area (Å²) in [6.45, 7) is 2.10. The van der Waals surface area contributed by atoms with Gasteiger partial charge in [-0.25, -0.2) is 0 Å². The van der Waals surface area contributed by atoms with Crippen molar-refractivity contribution in [1.29, 1.82) is 0 Å². The molecule has 1 aliphatic carbocycles. The smallest absolute Gasteiger partial charge is 0.311 e. The summed E-state index contributed by atoms with van der Waals surface area (Å²) in [5, 5.41) is 0. The van der Waals surface area contributed by atoms with Crippen molar-refractivity contribution in [2.45, 2.75) is 50.7 Å². The molecule has 0 unspecified atom stereocenters. The lowest BCUT2D eigenvalue weighted by atomic mass is 9.83. The molecule has 4 rings (SSSR count). The lowest BCUT2D eigenvalue weighted by molar-refractivity contribution is -0.183. The third kappa shape index (κ3) is 3.76. The maximum atomic E-state index is 12.2. The van der Waals surface area contributed by atoms with Crippen LogP contribution in [0, 0.1) is 5.92 Å². The predicted molar refractivity (Wildman–Crippen MR) is 94.9 cm³/mol. The van der Waals surface area contributed by atoms with E-state index in [0.29, 0.717) is 37.7 Å². The zero-order valence-electron chi connectivity index (χ0n) is 14.9. The molecule has 1 aromatic rings. The van der Waals surface area contributed by atoms with Crippen LogP contribution in [0.2, 0.25) is 0 Å². The Kier molecular flexibility index (Phi) is 4.96. The summed E-state index contributed by atoms with van der Waals surface area (Å²) >= 11 is 0. The van der Waals surface area contributed by atoms with Gasteiger partial charge in [-0.1, -0.05) is 0 Å². The second-order valence-corrected chi connectivity index (χ2v) is 7.37. The fraction of sp³-hybridized carbons (Fsp3) is 0.600. The number of carbonyl (C=O) groups excluding carboxylic acids is 2. The first-order valence-electron chi connectivity index (χ1n) is 9.53. The molecule has 0 radical (unpaired) electrons. The summed E-state index contributed by atoms with van der Waals surface area (Å²) in [7, 11) is 0. The van der Waals surface area contributed by atoms with E-state index in [9.17, 15) is 9.59 Å². The third-order valence-electron chi connectivity index (χ3n) is 5.59. The largest absolute Gasteiger partial charge is 0.427 e. The first kappa shape index (κ1) is 17.5. The Morgan fingerprint density at radius 1 is 1.15 bits per heavy atom. The number of nitrogens with zero attached hydrogens (tertiary/aromatic N) is 1. The average molecular weight is 359 g/mol. The SMILES string of the molecule is O=C(CC1CCC2(CC1)OCCO2)Oc1ccc(N2CCCC2=O)cc1. The van der Waals surface area contributed by atoms with Crippen molar-refractivity contribution in [2.24, 2.45) is 5.92 Å². The highest BCUT2D eigenvalue weighted by atomic mass is 16.7. The molecular weight excluding hydrogens is 334 g/mol. The van der Waals surface area contributed by atoms with E-state index < -0.39 is 0 Å². The van der Waals surface area contributed by atoms with Gasteiger partial charge in [-0.05, 0) is 49.4 Å². The number of esters is 1. The number of hydrogen-bond acceptors (Lipinski definition) is 5. The van der Waals surface area contributed by atoms with Crippen LogP contribution in [0.15, 0.2) is 24.3 Å². The molecule has 0 N–H and O–H groups in total. The van der Waals surface area contributed by atoms with Crippen molar-refractivity contribution in [3.8, 4) is 5.75 Å². The van der Waals surface area contributed by atoms with Gasteiger partial charge in [0.15, 0.2) is 5.79 Å². The van der Waals surface area contributed by atoms with E-state index in [2.05, 4.69) is 0 Å². The molecule has 140 valence electrons. The molecule has 1 amide bonds. The molecule has 3 fully saturated rings. The minimum atomic E-state index is -0.386. The lowest BCUT2D eigenvalue weighted by Gasteiger charge is -2.35. The second kappa shape index (κ2) is 7.37. The van der Waals surface area contributed by atoms with Crippen molar-refractivity contribution >= 4 is 17.6 Å². The van der Waals surface area contributed by atoms with Gasteiger partial charge in [0.25, 0.3) is 0 Å². The molecular formula is C20H25NO5. The van der Waals surface area contributed by atoms with Crippen LogP contribution in [0.25, 0.3) is 0 Å². The molecule has 2 heterocycles. The van der Waals surface area contributed by atoms with Crippen molar-refractivity contribution in [3.05, 3.63) is 24.3 Å². The average Bonchev–Trinajstić information content (AvgIpc) is 3.27. The number of rotatable bonds is 4. The first-order valence-corrected chi connectivity index (χ1v) is 9.53. The van der Waals surface area contributed by atoms with E-state index in [0.717, 1.165) is 44.3 Å². The Labute approximate surface area is 153 Å². The van der Waals surface area contributed by atoms with Gasteiger partial charge >= 0.3 is 5.97 Å². The minimum absolute atomic E-state index is 0.153. The van der Waals surface area contributed by atoms with E-state index in [1.54, 1.807) is 17.0 Å². The number of amides is 1. The number of benzene rings is 1. The topological polar surface area (TPSA) is 65.1 Å². The van der Waals surface area contributed by atoms with Gasteiger partial charge in [-0.3, -0.25) is 9.59 Å². The monoisotopic (exact) mass is 359 g/mol. The van der Waals surface area contributed by atoms with Gasteiger partial charge < -0.3 is 19.1 Å². The van der Waals surface area contributed by atoms with Gasteiger partial charge in [-0.2, -0.15) is 0 Å². The van der Waals surface area contributed by atoms with Crippen LogP contribution in [-0.4, -0.2) is 37.4 Å². The summed E-state index contributed by atoms with van der Waals surface area (Å²) in [5.41, 5.74) is 0.862. The van der Waals surface area contributed by atoms with Crippen LogP contribution in [-0.2, 0) is 19.1 Å². The van der Waals surface area contributed by atoms with Crippen LogP contribution >= 0.6 is 0 Å². The molecule has 26 heavy (non-hydrogen) atoms. The van der Waals surface area contributed by atoms with Crippen molar-refractivity contribution < 1.29 is 23.8 Å². The quantitative estimate of drug-likeness (QED) is 0.611. The lowest BCUT2D eigenvalue weighted by Crippen LogP contribution is -2.35. The van der Waals surface area contributed by atoms with Crippen LogP contribution in [0.4, 0.5) is 5.69 Å². The zero-order valence-corrected chi connectivity index (χ0v) is 14.9. The molecule has 0 bridgehead atoms. The maximum Gasteiger partial charge on any atom is 0.311 e. The molecule has 2 aliphatic heterocycles. The molecule has 1 saturated carbocycles. The molecule has 6 nitrogen and oxygen atoms in total. The Morgan fingerprint density at radius 2 is 1.85 bits per heavy atom. The molecule has 6 heteroatoms. The molecule has 1 aromatic carbocycles. The van der Waals surface area contributed by atoms with Crippen LogP contribution in [0.3, 0.4) is 0 Å². The van der Waals surface area contributed by atoms with Gasteiger partial charge in [0.1, 0.15) is 5.75 Å². The van der Waals surface area contributed by atoms with E-state index >= 15 is 0 Å². The summed E-state index contributed by atoms with van der Waals surface area (Å²) < 4.78 is 16.9. The number of carbonyl (C=O) groups is 2. The standard InChI is InChI=1S/C20H25NO5/c22-18-2-1-11-21(18)16-3-5-17(6-4-16)26-19(23)14-15-7-9-20(10-8-15)24-12-13-25-20/h3-6,15H,1-2,7-14H2. The van der Waals surface area contributed by atoms with Crippen LogP contribution in [0.5, 0.6) is 5.75 Å². The van der Waals surface area contributed by atoms with Gasteiger partial charge in [0, 0.05) is 37.9 Å². The van der Waals surface area contributed by atoms with Crippen molar-refractivity contribution in [2.75, 3.05) is 24.7 Å². The second-order valence-electron chi connectivity index (χ2n) is 7.37. The summed E-state index contributed by atoms with van der Waals surface area (Å²) in [4.78, 5) is 25.8. The highest BCUT2D eigenvalue weighted by Gasteiger charge is 2.40. The predicted octanol–water partition coefficient (Wildman–Crippen LogP) is 3.04. The fourth-order valence-corrected chi connectivity index (χ4v) is 4.13. The molecule has 3 aliphatic rings. The van der Waals surface area contributed by atoms with Crippen LogP contribution in [0.1, 0.15) is 44.9 Å². The Balaban J connectivity index is 1.26. The first-order chi connectivity index (χ1) is 12.6. The highest BCUT2D eigenvalue weighted by molar-refractivity contribution is 5.95. The molecule has 0 atom stereocenters. The summed E-state index contributed by atoms with van der Waals surface area (Å²) in [6, 6.07) is 7.19. The third-order valence-corrected chi connectivity index (χ3v) is 5.59. The van der Waals surface area contributed by atoms with E-state index in [1.807, 2.05) is 12.1 Å². The Bertz CT molecular complexity index is 655. The van der Waals surface area contributed by atoms with Crippen molar-refractivity contribution in [1.82, 2.24) is 0 Å². The summed E-state index contributed by atoms with van der Waals surface area (Å²) in [5.74, 6) is 0.412. The highest BCUT2D eigenvalue weighted by Crippen LogP contribution is 2.39. The van der Waals surface area contributed by atoms with Gasteiger partial charge in [0.05, 0.1) is 13.2 Å². The van der Waals surface area contributed by atoms with Crippen molar-refractivity contribution in [3.63, 3.8) is 0 Å². The van der Waals surface area contributed by atoms with Crippen LogP contribution < -0.4 is 9.64 Å². The normalized spacial score (nSPS) is 22.9. The number of ether oxygens (including phenoxy) is 3. The Morgan fingerprint density at radius 3 is 2.46 bits per heavy atom. The maximum absolute atomic E-state index is 12.2. The van der Waals surface area contributed by atoms with Gasteiger partial charge in [-0.15, -0.1) is 0 Å². The fourth-order valence-electron chi connectivity index (χ4n) is 4.13. The molecule has 2 saturated heterocycles. The molecule has 1 spiro atoms. The van der Waals surface area contributed by atoms with E-state index in [4.69, 9.17) is 14.2 Å².